The van der Waals surface area contributed by atoms with Crippen molar-refractivity contribution in [1.82, 2.24) is 4.90 Å². The van der Waals surface area contributed by atoms with Crippen molar-refractivity contribution in [3.05, 3.63) is 29.8 Å². The van der Waals surface area contributed by atoms with Crippen molar-refractivity contribution in [2.24, 2.45) is 0 Å². The maximum atomic E-state index is 5.69. The summed E-state index contributed by atoms with van der Waals surface area (Å²) < 4.78 is 6.28. The molecule has 0 amide bonds. The fraction of sp³-hybridized carbons (Fsp3) is 0.417. The van der Waals surface area contributed by atoms with E-state index in [0.29, 0.717) is 10.9 Å². The van der Waals surface area contributed by atoms with Crippen molar-refractivity contribution >= 4 is 34.9 Å². The zero-order valence-corrected chi connectivity index (χ0v) is 11.7. The van der Waals surface area contributed by atoms with Crippen LogP contribution in [0.3, 0.4) is 0 Å². The molecule has 1 heterocycles. The number of thiocarbonyl (C=S) groups is 1. The van der Waals surface area contributed by atoms with E-state index in [0.717, 1.165) is 12.1 Å². The summed E-state index contributed by atoms with van der Waals surface area (Å²) in [6.45, 7) is 1.50. The summed E-state index contributed by atoms with van der Waals surface area (Å²) in [6, 6.07) is 8.31. The Bertz CT molecular complexity index is 405. The Hall–Kier alpha value is -0.780. The Kier molecular flexibility index (Phi) is 3.91. The lowest BCUT2D eigenvalue weighted by Gasteiger charge is -2.23. The fourth-order valence-corrected chi connectivity index (χ4v) is 2.27. The number of benzene rings is 1. The second kappa shape index (κ2) is 5.25. The van der Waals surface area contributed by atoms with E-state index in [4.69, 9.17) is 17.0 Å². The van der Waals surface area contributed by atoms with Gasteiger partial charge in [-0.25, -0.2) is 0 Å². The van der Waals surface area contributed by atoms with Gasteiger partial charge in [-0.15, -0.1) is 12.6 Å². The van der Waals surface area contributed by atoms with E-state index in [1.165, 1.54) is 5.69 Å². The van der Waals surface area contributed by atoms with E-state index in [1.807, 2.05) is 19.0 Å². The van der Waals surface area contributed by atoms with Crippen LogP contribution in [0.15, 0.2) is 24.3 Å². The van der Waals surface area contributed by atoms with E-state index >= 15 is 0 Å². The number of hydrogen-bond acceptors (Lipinski definition) is 3. The Balaban J connectivity index is 2.19. The average molecular weight is 268 g/mol. The molecule has 1 saturated heterocycles. The number of anilines is 1. The molecule has 0 bridgehead atoms. The van der Waals surface area contributed by atoms with Gasteiger partial charge in [-0.3, -0.25) is 0 Å². The number of thiol groups is 1. The van der Waals surface area contributed by atoms with Crippen LogP contribution in [-0.2, 0) is 4.74 Å². The average Bonchev–Trinajstić information content (AvgIpc) is 2.78. The Morgan fingerprint density at radius 1 is 1.41 bits per heavy atom. The van der Waals surface area contributed by atoms with Gasteiger partial charge in [0.1, 0.15) is 4.32 Å². The van der Waals surface area contributed by atoms with Crippen LogP contribution in [0.2, 0.25) is 0 Å². The maximum Gasteiger partial charge on any atom is 0.157 e. The van der Waals surface area contributed by atoms with Crippen LogP contribution >= 0.6 is 24.8 Å². The molecule has 2 rings (SSSR count). The van der Waals surface area contributed by atoms with Gasteiger partial charge >= 0.3 is 0 Å². The van der Waals surface area contributed by atoms with Crippen molar-refractivity contribution in [3.63, 3.8) is 0 Å². The molecule has 0 radical (unpaired) electrons. The minimum absolute atomic E-state index is 0.0868. The third-order valence-electron chi connectivity index (χ3n) is 2.83. The third kappa shape index (κ3) is 2.73. The molecule has 1 aromatic carbocycles. The minimum Gasteiger partial charge on any atom is -0.378 e. The van der Waals surface area contributed by atoms with Crippen LogP contribution in [0, 0.1) is 0 Å². The summed E-state index contributed by atoms with van der Waals surface area (Å²) in [5, 5.41) is 0. The molecule has 5 heteroatoms. The first-order chi connectivity index (χ1) is 8.09. The fourth-order valence-electron chi connectivity index (χ4n) is 1.88. The van der Waals surface area contributed by atoms with Gasteiger partial charge in [0.2, 0.25) is 0 Å². The smallest absolute Gasteiger partial charge is 0.157 e. The summed E-state index contributed by atoms with van der Waals surface area (Å²) >= 11 is 9.33. The lowest BCUT2D eigenvalue weighted by Crippen LogP contribution is -2.26. The standard InChI is InChI=1S/C12H16N2OS2/c1-13(2)10-5-3-9(4-6-10)11-14(12(16)17)7-8-15-11/h3-6,11H,7-8H2,1-2H3,(H,16,17). The first-order valence-corrected chi connectivity index (χ1v) is 6.33. The Morgan fingerprint density at radius 3 is 2.59 bits per heavy atom. The highest BCUT2D eigenvalue weighted by molar-refractivity contribution is 8.10. The van der Waals surface area contributed by atoms with E-state index < -0.39 is 0 Å². The third-order valence-corrected chi connectivity index (χ3v) is 3.32. The van der Waals surface area contributed by atoms with Gasteiger partial charge in [0.05, 0.1) is 6.61 Å². The van der Waals surface area contributed by atoms with Crippen molar-refractivity contribution in [2.45, 2.75) is 6.23 Å². The van der Waals surface area contributed by atoms with Crippen LogP contribution in [0.25, 0.3) is 0 Å². The first-order valence-electron chi connectivity index (χ1n) is 5.48. The van der Waals surface area contributed by atoms with Crippen LogP contribution < -0.4 is 4.90 Å². The molecule has 1 aliphatic heterocycles. The molecule has 17 heavy (non-hydrogen) atoms. The topological polar surface area (TPSA) is 15.7 Å². The van der Waals surface area contributed by atoms with E-state index in [9.17, 15) is 0 Å². The van der Waals surface area contributed by atoms with Crippen molar-refractivity contribution in [2.75, 3.05) is 32.1 Å². The van der Waals surface area contributed by atoms with E-state index in [1.54, 1.807) is 0 Å². The normalized spacial score (nSPS) is 19.5. The number of hydrogen-bond donors (Lipinski definition) is 1. The zero-order chi connectivity index (χ0) is 12.4. The minimum atomic E-state index is -0.0868. The van der Waals surface area contributed by atoms with Crippen molar-refractivity contribution in [1.29, 1.82) is 0 Å². The second-order valence-corrected chi connectivity index (χ2v) is 5.30. The van der Waals surface area contributed by atoms with Gasteiger partial charge < -0.3 is 14.5 Å². The molecule has 0 spiro atoms. The summed E-state index contributed by atoms with van der Waals surface area (Å²) in [4.78, 5) is 4.06. The first kappa shape index (κ1) is 12.7. The van der Waals surface area contributed by atoms with Crippen molar-refractivity contribution in [3.8, 4) is 0 Å². The molecule has 1 unspecified atom stereocenters. The number of rotatable bonds is 2. The molecule has 1 aliphatic rings. The Morgan fingerprint density at radius 2 is 2.06 bits per heavy atom. The predicted molar refractivity (Wildman–Crippen MR) is 77.8 cm³/mol. The largest absolute Gasteiger partial charge is 0.378 e. The van der Waals surface area contributed by atoms with Gasteiger partial charge in [0.25, 0.3) is 0 Å². The summed E-state index contributed by atoms with van der Waals surface area (Å²) in [7, 11) is 4.05. The zero-order valence-electron chi connectivity index (χ0n) is 9.96. The van der Waals surface area contributed by atoms with Gasteiger partial charge in [-0.1, -0.05) is 24.4 Å². The lowest BCUT2D eigenvalue weighted by atomic mass is 10.1. The quantitative estimate of drug-likeness (QED) is 0.654. The number of ether oxygens (including phenoxy) is 1. The monoisotopic (exact) mass is 268 g/mol. The molecule has 3 nitrogen and oxygen atoms in total. The van der Waals surface area contributed by atoms with Crippen LogP contribution in [0.5, 0.6) is 0 Å². The summed E-state index contributed by atoms with van der Waals surface area (Å²) in [5.74, 6) is 0. The molecule has 0 aliphatic carbocycles. The molecule has 1 fully saturated rings. The number of nitrogens with zero attached hydrogens (tertiary/aromatic N) is 2. The highest BCUT2D eigenvalue weighted by Gasteiger charge is 2.27. The highest BCUT2D eigenvalue weighted by atomic mass is 32.1. The summed E-state index contributed by atoms with van der Waals surface area (Å²) in [5.41, 5.74) is 2.29. The van der Waals surface area contributed by atoms with E-state index in [-0.39, 0.29) is 6.23 Å². The summed E-state index contributed by atoms with van der Waals surface area (Å²) in [6.07, 6.45) is -0.0868. The van der Waals surface area contributed by atoms with Gasteiger partial charge in [0, 0.05) is 31.9 Å². The van der Waals surface area contributed by atoms with Crippen molar-refractivity contribution < 1.29 is 4.74 Å². The van der Waals surface area contributed by atoms with Gasteiger partial charge in [0.15, 0.2) is 6.23 Å². The van der Waals surface area contributed by atoms with E-state index in [2.05, 4.69) is 41.8 Å². The molecule has 0 saturated carbocycles. The van der Waals surface area contributed by atoms with Gasteiger partial charge in [-0.05, 0) is 12.1 Å². The molecular weight excluding hydrogens is 252 g/mol. The van der Waals surface area contributed by atoms with Gasteiger partial charge in [-0.2, -0.15) is 0 Å². The molecule has 0 N–H and O–H groups in total. The lowest BCUT2D eigenvalue weighted by molar-refractivity contribution is 0.0654. The molecule has 0 aromatic heterocycles. The maximum absolute atomic E-state index is 5.69. The van der Waals surface area contributed by atoms with Crippen LogP contribution in [0.4, 0.5) is 5.69 Å². The SMILES string of the molecule is CN(C)c1ccc(C2OCCN2C(=S)S)cc1. The second-order valence-electron chi connectivity index (χ2n) is 4.19. The predicted octanol–water partition coefficient (Wildman–Crippen LogP) is 2.30. The molecule has 1 atom stereocenters. The van der Waals surface area contributed by atoms with Crippen LogP contribution in [0.1, 0.15) is 11.8 Å². The Labute approximate surface area is 113 Å². The molecule has 1 aromatic rings. The molecule has 92 valence electrons. The highest BCUT2D eigenvalue weighted by Crippen LogP contribution is 2.29. The molecular formula is C12H16N2OS2. The van der Waals surface area contributed by atoms with Crippen LogP contribution in [-0.4, -0.2) is 36.5 Å².